The number of hydrogen-bond acceptors (Lipinski definition) is 3. The summed E-state index contributed by atoms with van der Waals surface area (Å²) in [6, 6.07) is 18.8. The highest BCUT2D eigenvalue weighted by Gasteiger charge is 2.57. The topological polar surface area (TPSA) is 46.6 Å². The van der Waals surface area contributed by atoms with Crippen molar-refractivity contribution < 1.29 is 14.3 Å². The second kappa shape index (κ2) is 6.60. The predicted octanol–water partition coefficient (Wildman–Crippen LogP) is 4.06. The lowest BCUT2D eigenvalue weighted by molar-refractivity contribution is -0.148. The van der Waals surface area contributed by atoms with E-state index in [1.54, 1.807) is 24.0 Å². The number of cyclic esters (lactones) is 1. The van der Waals surface area contributed by atoms with Crippen molar-refractivity contribution >= 4 is 11.9 Å². The van der Waals surface area contributed by atoms with Crippen LogP contribution in [-0.2, 0) is 16.0 Å². The second-order valence-corrected chi connectivity index (χ2v) is 8.10. The van der Waals surface area contributed by atoms with Gasteiger partial charge in [0.05, 0.1) is 0 Å². The fourth-order valence-electron chi connectivity index (χ4n) is 3.40. The van der Waals surface area contributed by atoms with E-state index in [1.807, 2.05) is 69.3 Å². The lowest BCUT2D eigenvalue weighted by atomic mass is 9.87. The second-order valence-electron chi connectivity index (χ2n) is 8.10. The van der Waals surface area contributed by atoms with Crippen LogP contribution in [0, 0.1) is 5.41 Å². The van der Waals surface area contributed by atoms with E-state index in [4.69, 9.17) is 4.74 Å². The van der Waals surface area contributed by atoms with Crippen LogP contribution in [0.2, 0.25) is 0 Å². The van der Waals surface area contributed by atoms with E-state index in [0.717, 1.165) is 5.56 Å². The maximum atomic E-state index is 13.3. The molecule has 2 atom stereocenters. The molecule has 0 spiro atoms. The molecule has 0 unspecified atom stereocenters. The minimum atomic E-state index is -1.05. The van der Waals surface area contributed by atoms with Crippen LogP contribution in [0.5, 0.6) is 0 Å². The molecule has 2 aromatic carbocycles. The average molecular weight is 351 g/mol. The number of ether oxygens (including phenoxy) is 1. The van der Waals surface area contributed by atoms with Gasteiger partial charge in [0.1, 0.15) is 5.54 Å². The summed E-state index contributed by atoms with van der Waals surface area (Å²) in [5, 5.41) is 0. The molecule has 0 N–H and O–H groups in total. The van der Waals surface area contributed by atoms with Crippen LogP contribution in [0.3, 0.4) is 0 Å². The number of carbonyl (C=O) groups excluding carboxylic acids is 2. The number of benzene rings is 2. The maximum Gasteiger partial charge on any atom is 0.334 e. The highest BCUT2D eigenvalue weighted by molar-refractivity contribution is 5.99. The molecule has 1 aliphatic heterocycles. The Balaban J connectivity index is 2.05. The zero-order valence-electron chi connectivity index (χ0n) is 15.7. The highest BCUT2D eigenvalue weighted by Crippen LogP contribution is 2.40. The molecule has 4 heteroatoms. The van der Waals surface area contributed by atoms with E-state index in [0.29, 0.717) is 12.0 Å². The third kappa shape index (κ3) is 3.24. The fourth-order valence-corrected chi connectivity index (χ4v) is 3.40. The van der Waals surface area contributed by atoms with Crippen LogP contribution in [0.1, 0.15) is 43.6 Å². The third-order valence-electron chi connectivity index (χ3n) is 4.80. The first kappa shape index (κ1) is 18.2. The molecular weight excluding hydrogens is 326 g/mol. The molecule has 0 bridgehead atoms. The van der Waals surface area contributed by atoms with Crippen molar-refractivity contribution in [3.05, 3.63) is 71.8 Å². The highest BCUT2D eigenvalue weighted by atomic mass is 16.6. The Labute approximate surface area is 154 Å². The van der Waals surface area contributed by atoms with Crippen molar-refractivity contribution in [1.82, 2.24) is 4.90 Å². The van der Waals surface area contributed by atoms with Crippen LogP contribution >= 0.6 is 0 Å². The van der Waals surface area contributed by atoms with Gasteiger partial charge in [0, 0.05) is 17.4 Å². The Morgan fingerprint density at radius 2 is 1.58 bits per heavy atom. The Bertz CT molecular complexity index is 795. The third-order valence-corrected chi connectivity index (χ3v) is 4.80. The fraction of sp³-hybridized carbons (Fsp3) is 0.364. The first-order valence-electron chi connectivity index (χ1n) is 8.87. The van der Waals surface area contributed by atoms with E-state index in [-0.39, 0.29) is 11.9 Å². The number of carbonyl (C=O) groups is 2. The quantitative estimate of drug-likeness (QED) is 0.784. The van der Waals surface area contributed by atoms with Gasteiger partial charge < -0.3 is 4.74 Å². The Kier molecular flexibility index (Phi) is 4.61. The maximum absolute atomic E-state index is 13.3. The van der Waals surface area contributed by atoms with E-state index in [1.165, 1.54) is 0 Å². The molecule has 0 saturated carbocycles. The van der Waals surface area contributed by atoms with Crippen molar-refractivity contribution in [2.45, 2.75) is 45.9 Å². The van der Waals surface area contributed by atoms with E-state index in [9.17, 15) is 9.59 Å². The van der Waals surface area contributed by atoms with Crippen molar-refractivity contribution in [2.24, 2.45) is 5.41 Å². The number of amides is 1. The van der Waals surface area contributed by atoms with Gasteiger partial charge in [-0.1, -0.05) is 69.3 Å². The van der Waals surface area contributed by atoms with Crippen molar-refractivity contribution in [1.29, 1.82) is 0 Å². The number of hydrogen-bond donors (Lipinski definition) is 0. The summed E-state index contributed by atoms with van der Waals surface area (Å²) in [5.41, 5.74) is 0.104. The first-order chi connectivity index (χ1) is 12.2. The molecule has 1 heterocycles. The van der Waals surface area contributed by atoms with Crippen LogP contribution in [0.4, 0.5) is 0 Å². The summed E-state index contributed by atoms with van der Waals surface area (Å²) in [6.45, 7) is 7.73. The summed E-state index contributed by atoms with van der Waals surface area (Å²) >= 11 is 0. The number of nitrogens with zero attached hydrogens (tertiary/aromatic N) is 1. The Morgan fingerprint density at radius 1 is 1.04 bits per heavy atom. The van der Waals surface area contributed by atoms with Gasteiger partial charge in [-0.25, -0.2) is 4.79 Å². The molecule has 2 aromatic rings. The molecule has 1 fully saturated rings. The lowest BCUT2D eigenvalue weighted by Crippen LogP contribution is -2.55. The van der Waals surface area contributed by atoms with Crippen LogP contribution in [-0.4, -0.2) is 28.5 Å². The van der Waals surface area contributed by atoms with E-state index >= 15 is 0 Å². The molecule has 0 aromatic heterocycles. The van der Waals surface area contributed by atoms with Crippen molar-refractivity contribution in [3.8, 4) is 0 Å². The Morgan fingerprint density at radius 3 is 2.12 bits per heavy atom. The summed E-state index contributed by atoms with van der Waals surface area (Å²) in [5.74, 6) is -0.541. The monoisotopic (exact) mass is 351 g/mol. The van der Waals surface area contributed by atoms with Crippen LogP contribution in [0.25, 0.3) is 0 Å². The molecule has 136 valence electrons. The van der Waals surface area contributed by atoms with Gasteiger partial charge in [0.2, 0.25) is 0 Å². The normalized spacial score (nSPS) is 23.0. The molecule has 3 rings (SSSR count). The predicted molar refractivity (Wildman–Crippen MR) is 100 cm³/mol. The molecule has 1 aliphatic rings. The summed E-state index contributed by atoms with van der Waals surface area (Å²) < 4.78 is 5.74. The standard InChI is InChI=1S/C22H25NO3/c1-21(2,3)19-23(18(24)17-13-9-6-10-14-17)22(4,20(25)26-19)15-16-11-7-5-8-12-16/h5-14,19H,15H2,1-4H3/t19-,22-/m0/s1. The largest absolute Gasteiger partial charge is 0.439 e. The van der Waals surface area contributed by atoms with Crippen molar-refractivity contribution in [2.75, 3.05) is 0 Å². The van der Waals surface area contributed by atoms with E-state index in [2.05, 4.69) is 0 Å². The first-order valence-corrected chi connectivity index (χ1v) is 8.87. The van der Waals surface area contributed by atoms with Crippen LogP contribution < -0.4 is 0 Å². The molecule has 0 radical (unpaired) electrons. The summed E-state index contributed by atoms with van der Waals surface area (Å²) in [6.07, 6.45) is -0.200. The number of esters is 1. The van der Waals surface area contributed by atoms with Crippen LogP contribution in [0.15, 0.2) is 60.7 Å². The minimum Gasteiger partial charge on any atom is -0.439 e. The van der Waals surface area contributed by atoms with E-state index < -0.39 is 17.2 Å². The van der Waals surface area contributed by atoms with Gasteiger partial charge >= 0.3 is 5.97 Å². The van der Waals surface area contributed by atoms with Gasteiger partial charge in [-0.2, -0.15) is 0 Å². The SMILES string of the molecule is CC(C)(C)[C@@H]1OC(=O)[C@](C)(Cc2ccccc2)N1C(=O)c1ccccc1. The zero-order chi connectivity index (χ0) is 18.9. The number of rotatable bonds is 3. The van der Waals surface area contributed by atoms with Gasteiger partial charge in [0.15, 0.2) is 6.23 Å². The lowest BCUT2D eigenvalue weighted by Gasteiger charge is -2.38. The smallest absolute Gasteiger partial charge is 0.334 e. The molecule has 1 saturated heterocycles. The zero-order valence-corrected chi connectivity index (χ0v) is 15.7. The van der Waals surface area contributed by atoms with Gasteiger partial charge in [-0.3, -0.25) is 9.69 Å². The molecular formula is C22H25NO3. The molecule has 0 aliphatic carbocycles. The van der Waals surface area contributed by atoms with Gasteiger partial charge in [0.25, 0.3) is 5.91 Å². The summed E-state index contributed by atoms with van der Waals surface area (Å²) in [4.78, 5) is 27.9. The average Bonchev–Trinajstić information content (AvgIpc) is 2.87. The minimum absolute atomic E-state index is 0.185. The molecule has 26 heavy (non-hydrogen) atoms. The van der Waals surface area contributed by atoms with Gasteiger partial charge in [-0.15, -0.1) is 0 Å². The van der Waals surface area contributed by atoms with Crippen molar-refractivity contribution in [3.63, 3.8) is 0 Å². The Hall–Kier alpha value is -2.62. The molecule has 1 amide bonds. The summed E-state index contributed by atoms with van der Waals surface area (Å²) in [7, 11) is 0. The molecule has 4 nitrogen and oxygen atoms in total. The van der Waals surface area contributed by atoms with Gasteiger partial charge in [-0.05, 0) is 24.6 Å².